The number of carboxylic acids is 1. The molecule has 0 saturated heterocycles. The summed E-state index contributed by atoms with van der Waals surface area (Å²) in [5.74, 6) is -3.53. The predicted molar refractivity (Wildman–Crippen MR) is 65.5 cm³/mol. The third-order valence-electron chi connectivity index (χ3n) is 3.31. The molecule has 1 aliphatic carbocycles. The van der Waals surface area contributed by atoms with Crippen LogP contribution >= 0.6 is 0 Å². The van der Waals surface area contributed by atoms with Crippen molar-refractivity contribution in [1.29, 1.82) is 0 Å². The highest BCUT2D eigenvalue weighted by molar-refractivity contribution is 5.86. The lowest BCUT2D eigenvalue weighted by Crippen LogP contribution is -1.98. The smallest absolute Gasteiger partial charge is 0.373 e. The van der Waals surface area contributed by atoms with Crippen LogP contribution in [0.2, 0.25) is 0 Å². The van der Waals surface area contributed by atoms with Gasteiger partial charge >= 0.3 is 5.97 Å². The van der Waals surface area contributed by atoms with Gasteiger partial charge in [0.2, 0.25) is 11.7 Å². The highest BCUT2D eigenvalue weighted by Crippen LogP contribution is 2.43. The van der Waals surface area contributed by atoms with Crippen LogP contribution in [-0.2, 0) is 0 Å². The van der Waals surface area contributed by atoms with E-state index in [4.69, 9.17) is 9.52 Å². The van der Waals surface area contributed by atoms with Crippen LogP contribution in [0.3, 0.4) is 0 Å². The van der Waals surface area contributed by atoms with E-state index in [0.717, 1.165) is 18.9 Å². The number of aromatic nitrogens is 1. The van der Waals surface area contributed by atoms with Gasteiger partial charge < -0.3 is 9.52 Å². The van der Waals surface area contributed by atoms with E-state index in [1.54, 1.807) is 0 Å². The Kier molecular flexibility index (Phi) is 2.81. The quantitative estimate of drug-likeness (QED) is 0.933. The van der Waals surface area contributed by atoms with E-state index in [2.05, 4.69) is 4.98 Å². The Hall–Kier alpha value is -2.24. The number of carbonyl (C=O) groups is 1. The molecule has 1 aromatic carbocycles. The number of benzene rings is 1. The zero-order valence-electron chi connectivity index (χ0n) is 10.6. The van der Waals surface area contributed by atoms with Gasteiger partial charge in [0.15, 0.2) is 0 Å². The van der Waals surface area contributed by atoms with Crippen LogP contribution in [0.25, 0.3) is 11.5 Å². The molecule has 1 aromatic heterocycles. The first kappa shape index (κ1) is 12.8. The molecule has 4 nitrogen and oxygen atoms in total. The molecule has 0 amide bonds. The summed E-state index contributed by atoms with van der Waals surface area (Å²) in [7, 11) is 0. The second kappa shape index (κ2) is 4.40. The van der Waals surface area contributed by atoms with Crippen molar-refractivity contribution in [3.63, 3.8) is 0 Å². The number of oxazole rings is 1. The molecule has 1 N–H and O–H groups in total. The zero-order chi connectivity index (χ0) is 14.4. The molecule has 20 heavy (non-hydrogen) atoms. The maximum absolute atomic E-state index is 14.0. The molecule has 0 atom stereocenters. The van der Waals surface area contributed by atoms with E-state index in [9.17, 15) is 13.6 Å². The van der Waals surface area contributed by atoms with Crippen molar-refractivity contribution in [2.75, 3.05) is 0 Å². The molecule has 3 rings (SSSR count). The van der Waals surface area contributed by atoms with Crippen molar-refractivity contribution in [3.8, 4) is 11.5 Å². The summed E-state index contributed by atoms with van der Waals surface area (Å²) >= 11 is 0. The van der Waals surface area contributed by atoms with Crippen LogP contribution in [0.15, 0.2) is 16.5 Å². The largest absolute Gasteiger partial charge is 0.475 e. The van der Waals surface area contributed by atoms with E-state index in [1.165, 1.54) is 13.0 Å². The van der Waals surface area contributed by atoms with Gasteiger partial charge in [-0.15, -0.1) is 0 Å². The molecule has 1 heterocycles. The Morgan fingerprint density at radius 2 is 2.10 bits per heavy atom. The van der Waals surface area contributed by atoms with Gasteiger partial charge in [0, 0.05) is 5.92 Å². The number of hydrogen-bond acceptors (Lipinski definition) is 3. The van der Waals surface area contributed by atoms with Crippen molar-refractivity contribution in [2.24, 2.45) is 0 Å². The minimum Gasteiger partial charge on any atom is -0.475 e. The molecular weight excluding hydrogens is 268 g/mol. The number of hydrogen-bond donors (Lipinski definition) is 1. The summed E-state index contributed by atoms with van der Waals surface area (Å²) < 4.78 is 32.9. The fraction of sp³-hybridized carbons (Fsp3) is 0.286. The standard InChI is InChI=1S/C14H11F2NO3/c1-6-2-5-8(15)9(10(6)16)13-17-11(7-3-4-7)12(20-13)14(18)19/h2,5,7H,3-4H2,1H3,(H,18,19). The topological polar surface area (TPSA) is 63.3 Å². The molecule has 1 fully saturated rings. The maximum atomic E-state index is 14.0. The second-order valence-corrected chi connectivity index (χ2v) is 4.87. The molecule has 1 saturated carbocycles. The van der Waals surface area contributed by atoms with E-state index in [-0.39, 0.29) is 28.8 Å². The summed E-state index contributed by atoms with van der Waals surface area (Å²) in [6, 6.07) is 2.41. The SMILES string of the molecule is Cc1ccc(F)c(-c2nc(C3CC3)c(C(=O)O)o2)c1F. The lowest BCUT2D eigenvalue weighted by atomic mass is 10.1. The molecule has 0 bridgehead atoms. The normalized spacial score (nSPS) is 14.6. The first-order valence-electron chi connectivity index (χ1n) is 6.18. The molecule has 0 radical (unpaired) electrons. The molecule has 104 valence electrons. The third-order valence-corrected chi connectivity index (χ3v) is 3.31. The van der Waals surface area contributed by atoms with Gasteiger partial charge in [-0.1, -0.05) is 6.07 Å². The summed E-state index contributed by atoms with van der Waals surface area (Å²) in [4.78, 5) is 15.1. The van der Waals surface area contributed by atoms with Gasteiger partial charge in [-0.3, -0.25) is 0 Å². The molecule has 0 unspecified atom stereocenters. The predicted octanol–water partition coefficient (Wildman–Crippen LogP) is 3.50. The molecule has 6 heteroatoms. The number of aromatic carboxylic acids is 1. The maximum Gasteiger partial charge on any atom is 0.373 e. The fourth-order valence-electron chi connectivity index (χ4n) is 2.08. The average molecular weight is 279 g/mol. The van der Waals surface area contributed by atoms with E-state index >= 15 is 0 Å². The zero-order valence-corrected chi connectivity index (χ0v) is 10.6. The highest BCUT2D eigenvalue weighted by Gasteiger charge is 2.34. The second-order valence-electron chi connectivity index (χ2n) is 4.87. The van der Waals surface area contributed by atoms with Gasteiger partial charge in [0.05, 0.1) is 5.69 Å². The van der Waals surface area contributed by atoms with Crippen molar-refractivity contribution >= 4 is 5.97 Å². The molecule has 0 aliphatic heterocycles. The first-order valence-corrected chi connectivity index (χ1v) is 6.18. The highest BCUT2D eigenvalue weighted by atomic mass is 19.1. The summed E-state index contributed by atoms with van der Waals surface area (Å²) in [6.07, 6.45) is 1.62. The van der Waals surface area contributed by atoms with E-state index in [0.29, 0.717) is 0 Å². The van der Waals surface area contributed by atoms with Crippen LogP contribution in [0.5, 0.6) is 0 Å². The Morgan fingerprint density at radius 3 is 2.70 bits per heavy atom. The van der Waals surface area contributed by atoms with Crippen molar-refractivity contribution in [1.82, 2.24) is 4.98 Å². The minimum absolute atomic E-state index is 0.00883. The van der Waals surface area contributed by atoms with Crippen LogP contribution in [-0.4, -0.2) is 16.1 Å². The Balaban J connectivity index is 2.18. The number of halogens is 2. The minimum atomic E-state index is -1.28. The van der Waals surface area contributed by atoms with Crippen LogP contribution in [0, 0.1) is 18.6 Å². The number of rotatable bonds is 3. The van der Waals surface area contributed by atoms with Gasteiger partial charge in [0.1, 0.15) is 17.2 Å². The fourth-order valence-corrected chi connectivity index (χ4v) is 2.08. The first-order chi connectivity index (χ1) is 9.49. The van der Waals surface area contributed by atoms with Crippen LogP contribution in [0.4, 0.5) is 8.78 Å². The van der Waals surface area contributed by atoms with Crippen LogP contribution in [0.1, 0.15) is 40.6 Å². The van der Waals surface area contributed by atoms with E-state index in [1.807, 2.05) is 0 Å². The third kappa shape index (κ3) is 1.97. The number of aryl methyl sites for hydroxylation is 1. The average Bonchev–Trinajstić information content (AvgIpc) is 3.15. The summed E-state index contributed by atoms with van der Waals surface area (Å²) in [6.45, 7) is 1.49. The van der Waals surface area contributed by atoms with Crippen LogP contribution < -0.4 is 0 Å². The molecular formula is C14H11F2NO3. The van der Waals surface area contributed by atoms with Gasteiger partial charge in [-0.25, -0.2) is 18.6 Å². The summed E-state index contributed by atoms with van der Waals surface area (Å²) in [5, 5.41) is 9.07. The summed E-state index contributed by atoms with van der Waals surface area (Å²) in [5.41, 5.74) is 0.0941. The molecule has 1 aliphatic rings. The number of nitrogens with zero attached hydrogens (tertiary/aromatic N) is 1. The van der Waals surface area contributed by atoms with Crippen molar-refractivity contribution in [3.05, 3.63) is 40.8 Å². The van der Waals surface area contributed by atoms with Crippen molar-refractivity contribution < 1.29 is 23.1 Å². The van der Waals surface area contributed by atoms with E-state index < -0.39 is 23.2 Å². The Morgan fingerprint density at radius 1 is 1.40 bits per heavy atom. The monoisotopic (exact) mass is 279 g/mol. The Labute approximate surface area is 113 Å². The van der Waals surface area contributed by atoms with Gasteiger partial charge in [0.25, 0.3) is 0 Å². The molecule has 2 aromatic rings. The number of carboxylic acid groups (broad SMARTS) is 1. The van der Waals surface area contributed by atoms with Crippen molar-refractivity contribution in [2.45, 2.75) is 25.7 Å². The van der Waals surface area contributed by atoms with Gasteiger partial charge in [-0.2, -0.15) is 0 Å². The van der Waals surface area contributed by atoms with Gasteiger partial charge in [-0.05, 0) is 31.4 Å². The Bertz CT molecular complexity index is 705. The lowest BCUT2D eigenvalue weighted by molar-refractivity contribution is 0.0661. The molecule has 0 spiro atoms. The lowest BCUT2D eigenvalue weighted by Gasteiger charge is -2.02.